The van der Waals surface area contributed by atoms with E-state index in [1.54, 1.807) is 11.3 Å². The van der Waals surface area contributed by atoms with Crippen molar-refractivity contribution in [3.63, 3.8) is 0 Å². The van der Waals surface area contributed by atoms with E-state index in [2.05, 4.69) is 16.7 Å². The standard InChI is InChI=1S/C17H20N2O2S2/c1-13(17(21)18-10-9-15-8-5-11-22-15)23-12-16(20)19-14-6-3-2-4-7-14/h2-8,11,13H,9-10,12H2,1H3,(H,18,21)(H,19,20)/t13-/m0/s1. The first-order chi connectivity index (χ1) is 11.1. The Morgan fingerprint density at radius 3 is 2.65 bits per heavy atom. The highest BCUT2D eigenvalue weighted by Crippen LogP contribution is 2.13. The Hall–Kier alpha value is -1.79. The fourth-order valence-corrected chi connectivity index (χ4v) is 3.32. The molecule has 122 valence electrons. The van der Waals surface area contributed by atoms with Crippen LogP contribution in [0.4, 0.5) is 5.69 Å². The first-order valence-corrected chi connectivity index (χ1v) is 9.34. The van der Waals surface area contributed by atoms with E-state index in [0.29, 0.717) is 6.54 Å². The van der Waals surface area contributed by atoms with Crippen LogP contribution in [0.25, 0.3) is 0 Å². The number of carbonyl (C=O) groups excluding carboxylic acids is 2. The van der Waals surface area contributed by atoms with Crippen LogP contribution in [0.3, 0.4) is 0 Å². The van der Waals surface area contributed by atoms with Crippen molar-refractivity contribution < 1.29 is 9.59 Å². The van der Waals surface area contributed by atoms with Gasteiger partial charge in [-0.2, -0.15) is 0 Å². The highest BCUT2D eigenvalue weighted by Gasteiger charge is 2.14. The lowest BCUT2D eigenvalue weighted by Gasteiger charge is -2.12. The Morgan fingerprint density at radius 1 is 1.17 bits per heavy atom. The quantitative estimate of drug-likeness (QED) is 0.770. The zero-order valence-electron chi connectivity index (χ0n) is 13.0. The minimum Gasteiger partial charge on any atom is -0.355 e. The van der Waals surface area contributed by atoms with Gasteiger partial charge in [-0.1, -0.05) is 24.3 Å². The highest BCUT2D eigenvalue weighted by atomic mass is 32.2. The van der Waals surface area contributed by atoms with E-state index in [9.17, 15) is 9.59 Å². The molecule has 0 aliphatic rings. The lowest BCUT2D eigenvalue weighted by atomic mass is 10.3. The van der Waals surface area contributed by atoms with Crippen molar-refractivity contribution in [3.8, 4) is 0 Å². The molecule has 23 heavy (non-hydrogen) atoms. The van der Waals surface area contributed by atoms with E-state index >= 15 is 0 Å². The van der Waals surface area contributed by atoms with Crippen molar-refractivity contribution in [1.29, 1.82) is 0 Å². The van der Waals surface area contributed by atoms with Gasteiger partial charge in [0, 0.05) is 17.1 Å². The molecule has 6 heteroatoms. The number of thioether (sulfide) groups is 1. The Bertz CT molecular complexity index is 615. The second kappa shape index (κ2) is 9.37. The van der Waals surface area contributed by atoms with E-state index in [1.165, 1.54) is 16.6 Å². The molecule has 0 saturated carbocycles. The van der Waals surface area contributed by atoms with Crippen LogP contribution in [0.5, 0.6) is 0 Å². The van der Waals surface area contributed by atoms with Crippen molar-refractivity contribution in [2.24, 2.45) is 0 Å². The van der Waals surface area contributed by atoms with E-state index < -0.39 is 0 Å². The van der Waals surface area contributed by atoms with Gasteiger partial charge in [0.15, 0.2) is 0 Å². The van der Waals surface area contributed by atoms with Gasteiger partial charge < -0.3 is 10.6 Å². The van der Waals surface area contributed by atoms with Gasteiger partial charge in [-0.25, -0.2) is 0 Å². The molecule has 0 bridgehead atoms. The summed E-state index contributed by atoms with van der Waals surface area (Å²) in [5.41, 5.74) is 0.770. The molecule has 0 unspecified atom stereocenters. The molecule has 1 heterocycles. The highest BCUT2D eigenvalue weighted by molar-refractivity contribution is 8.01. The fourth-order valence-electron chi connectivity index (χ4n) is 1.90. The summed E-state index contributed by atoms with van der Waals surface area (Å²) >= 11 is 3.03. The third-order valence-corrected chi connectivity index (χ3v) is 5.22. The number of carbonyl (C=O) groups is 2. The van der Waals surface area contributed by atoms with Crippen molar-refractivity contribution in [1.82, 2.24) is 5.32 Å². The van der Waals surface area contributed by atoms with Crippen LogP contribution in [0.15, 0.2) is 47.8 Å². The summed E-state index contributed by atoms with van der Waals surface area (Å²) in [5.74, 6) is 0.132. The molecule has 1 aromatic carbocycles. The minimum atomic E-state index is -0.250. The Kier molecular flexibility index (Phi) is 7.16. The number of rotatable bonds is 8. The second-order valence-corrected chi connectivity index (χ2v) is 7.35. The average Bonchev–Trinajstić information content (AvgIpc) is 3.07. The van der Waals surface area contributed by atoms with Gasteiger partial charge in [0.25, 0.3) is 0 Å². The lowest BCUT2D eigenvalue weighted by Crippen LogP contribution is -2.33. The molecule has 1 aromatic heterocycles. The maximum Gasteiger partial charge on any atom is 0.234 e. The molecular formula is C17H20N2O2S2. The van der Waals surface area contributed by atoms with Crippen LogP contribution >= 0.6 is 23.1 Å². The maximum atomic E-state index is 12.0. The van der Waals surface area contributed by atoms with Crippen LogP contribution in [-0.2, 0) is 16.0 Å². The Balaban J connectivity index is 1.64. The number of hydrogen-bond donors (Lipinski definition) is 2. The van der Waals surface area contributed by atoms with E-state index in [-0.39, 0.29) is 22.8 Å². The summed E-state index contributed by atoms with van der Waals surface area (Å²) in [5, 5.41) is 7.50. The van der Waals surface area contributed by atoms with Crippen LogP contribution in [-0.4, -0.2) is 29.4 Å². The number of anilines is 1. The molecule has 2 amide bonds. The van der Waals surface area contributed by atoms with Crippen molar-refractivity contribution in [2.75, 3.05) is 17.6 Å². The van der Waals surface area contributed by atoms with Gasteiger partial charge in [-0.05, 0) is 36.9 Å². The molecule has 0 aliphatic carbocycles. The number of para-hydroxylation sites is 1. The van der Waals surface area contributed by atoms with Crippen molar-refractivity contribution in [2.45, 2.75) is 18.6 Å². The zero-order chi connectivity index (χ0) is 16.5. The molecule has 2 N–H and O–H groups in total. The smallest absolute Gasteiger partial charge is 0.234 e. The SMILES string of the molecule is C[C@H](SCC(=O)Nc1ccccc1)C(=O)NCCc1cccs1. The molecule has 2 rings (SSSR count). The lowest BCUT2D eigenvalue weighted by molar-refractivity contribution is -0.120. The number of thiophene rings is 1. The number of amides is 2. The molecule has 0 aliphatic heterocycles. The normalized spacial score (nSPS) is 11.7. The van der Waals surface area contributed by atoms with Crippen molar-refractivity contribution in [3.05, 3.63) is 52.7 Å². The predicted octanol–water partition coefficient (Wildman–Crippen LogP) is 3.17. The summed E-state index contributed by atoms with van der Waals surface area (Å²) in [6.07, 6.45) is 0.843. The maximum absolute atomic E-state index is 12.0. The summed E-state index contributed by atoms with van der Waals surface area (Å²) in [6.45, 7) is 2.45. The summed E-state index contributed by atoms with van der Waals surface area (Å²) in [7, 11) is 0. The summed E-state index contributed by atoms with van der Waals surface area (Å²) < 4.78 is 0. The first-order valence-electron chi connectivity index (χ1n) is 7.42. The topological polar surface area (TPSA) is 58.2 Å². The predicted molar refractivity (Wildman–Crippen MR) is 98.0 cm³/mol. The van der Waals surface area contributed by atoms with Gasteiger partial charge in [0.05, 0.1) is 11.0 Å². The van der Waals surface area contributed by atoms with E-state index in [0.717, 1.165) is 12.1 Å². The summed E-state index contributed by atoms with van der Waals surface area (Å²) in [4.78, 5) is 25.1. The van der Waals surface area contributed by atoms with E-state index in [4.69, 9.17) is 0 Å². The number of benzene rings is 1. The molecule has 0 fully saturated rings. The molecule has 4 nitrogen and oxygen atoms in total. The van der Waals surface area contributed by atoms with Crippen LogP contribution in [0, 0.1) is 0 Å². The number of nitrogens with one attached hydrogen (secondary N) is 2. The zero-order valence-corrected chi connectivity index (χ0v) is 14.6. The monoisotopic (exact) mass is 348 g/mol. The Labute approximate surface area is 144 Å². The molecule has 0 spiro atoms. The third kappa shape index (κ3) is 6.46. The third-order valence-electron chi connectivity index (χ3n) is 3.14. The van der Waals surface area contributed by atoms with Gasteiger partial charge in [0.1, 0.15) is 0 Å². The largest absolute Gasteiger partial charge is 0.355 e. The van der Waals surface area contributed by atoms with Crippen LogP contribution in [0.1, 0.15) is 11.8 Å². The molecule has 2 aromatic rings. The van der Waals surface area contributed by atoms with Gasteiger partial charge in [-0.3, -0.25) is 9.59 Å². The number of hydrogen-bond acceptors (Lipinski definition) is 4. The minimum absolute atomic E-state index is 0.0286. The van der Waals surface area contributed by atoms with Crippen LogP contribution < -0.4 is 10.6 Å². The molecule has 0 saturated heterocycles. The average molecular weight is 348 g/mol. The fraction of sp³-hybridized carbons (Fsp3) is 0.294. The Morgan fingerprint density at radius 2 is 1.96 bits per heavy atom. The van der Waals surface area contributed by atoms with E-state index in [1.807, 2.05) is 48.7 Å². The van der Waals surface area contributed by atoms with Crippen LogP contribution in [0.2, 0.25) is 0 Å². The molecule has 1 atom stereocenters. The first kappa shape index (κ1) is 17.6. The summed E-state index contributed by atoms with van der Waals surface area (Å²) in [6, 6.07) is 13.4. The molecule has 0 radical (unpaired) electrons. The molecular weight excluding hydrogens is 328 g/mol. The van der Waals surface area contributed by atoms with Gasteiger partial charge in [-0.15, -0.1) is 23.1 Å². The van der Waals surface area contributed by atoms with Gasteiger partial charge in [0.2, 0.25) is 11.8 Å². The van der Waals surface area contributed by atoms with Gasteiger partial charge >= 0.3 is 0 Å². The second-order valence-electron chi connectivity index (χ2n) is 4.99. The van der Waals surface area contributed by atoms with Crippen molar-refractivity contribution >= 4 is 40.6 Å².